The van der Waals surface area contributed by atoms with E-state index in [0.29, 0.717) is 23.6 Å². The fraction of sp³-hybridized carbons (Fsp3) is 0.267. The van der Waals surface area contributed by atoms with Crippen LogP contribution in [0.15, 0.2) is 36.4 Å². The van der Waals surface area contributed by atoms with Crippen LogP contribution in [-0.4, -0.2) is 22.1 Å². The first-order valence-corrected chi connectivity index (χ1v) is 6.84. The maximum atomic E-state index is 13.5. The van der Waals surface area contributed by atoms with E-state index in [2.05, 4.69) is 20.8 Å². The van der Waals surface area contributed by atoms with Crippen LogP contribution < -0.4 is 10.6 Å². The van der Waals surface area contributed by atoms with Crippen LogP contribution in [0, 0.1) is 5.82 Å². The molecule has 0 atom stereocenters. The van der Waals surface area contributed by atoms with Crippen LogP contribution in [0.1, 0.15) is 28.9 Å². The van der Waals surface area contributed by atoms with Crippen LogP contribution in [0.5, 0.6) is 0 Å². The summed E-state index contributed by atoms with van der Waals surface area (Å²) < 4.78 is 13.5. The summed E-state index contributed by atoms with van der Waals surface area (Å²) in [6.07, 6.45) is 2.06. The number of carbonyl (C=O) groups is 1. The van der Waals surface area contributed by atoms with Crippen LogP contribution in [-0.2, 0) is 6.54 Å². The van der Waals surface area contributed by atoms with E-state index >= 15 is 0 Å². The smallest absolute Gasteiger partial charge is 0.272 e. The van der Waals surface area contributed by atoms with Gasteiger partial charge >= 0.3 is 0 Å². The van der Waals surface area contributed by atoms with Crippen LogP contribution in [0.25, 0.3) is 0 Å². The number of hydrogen-bond acceptors (Lipinski definition) is 4. The van der Waals surface area contributed by atoms with Crippen molar-refractivity contribution in [2.24, 2.45) is 0 Å². The van der Waals surface area contributed by atoms with Gasteiger partial charge in [0, 0.05) is 18.2 Å². The van der Waals surface area contributed by atoms with Crippen molar-refractivity contribution in [1.29, 1.82) is 0 Å². The van der Waals surface area contributed by atoms with Gasteiger partial charge in [0.05, 0.1) is 0 Å². The van der Waals surface area contributed by atoms with Crippen molar-refractivity contribution in [2.75, 3.05) is 5.32 Å². The van der Waals surface area contributed by atoms with Crippen molar-refractivity contribution < 1.29 is 9.18 Å². The van der Waals surface area contributed by atoms with E-state index in [1.54, 1.807) is 30.3 Å². The molecule has 1 fully saturated rings. The molecular weight excluding hydrogens is 271 g/mol. The fourth-order valence-electron chi connectivity index (χ4n) is 1.86. The highest BCUT2D eigenvalue weighted by atomic mass is 19.1. The van der Waals surface area contributed by atoms with Crippen LogP contribution in [0.2, 0.25) is 0 Å². The lowest BCUT2D eigenvalue weighted by Crippen LogP contribution is -2.26. The Morgan fingerprint density at radius 1 is 1.19 bits per heavy atom. The molecule has 108 valence electrons. The number of aromatic nitrogens is 2. The molecule has 6 heteroatoms. The molecule has 0 bridgehead atoms. The highest BCUT2D eigenvalue weighted by Gasteiger charge is 2.24. The number of anilines is 1. The maximum absolute atomic E-state index is 13.5. The molecule has 0 spiro atoms. The van der Waals surface area contributed by atoms with Gasteiger partial charge in [0.2, 0.25) is 0 Å². The van der Waals surface area contributed by atoms with Gasteiger partial charge in [-0.1, -0.05) is 18.2 Å². The van der Waals surface area contributed by atoms with Gasteiger partial charge < -0.3 is 10.6 Å². The lowest BCUT2D eigenvalue weighted by atomic mass is 10.2. The van der Waals surface area contributed by atoms with Gasteiger partial charge in [-0.3, -0.25) is 4.79 Å². The molecule has 1 aromatic heterocycles. The number of nitrogens with zero attached hydrogens (tertiary/aromatic N) is 2. The second kappa shape index (κ2) is 5.87. The summed E-state index contributed by atoms with van der Waals surface area (Å²) >= 11 is 0. The van der Waals surface area contributed by atoms with Crippen molar-refractivity contribution in [3.63, 3.8) is 0 Å². The molecule has 1 aromatic carbocycles. The Kier molecular flexibility index (Phi) is 3.77. The first-order chi connectivity index (χ1) is 10.2. The zero-order valence-corrected chi connectivity index (χ0v) is 11.3. The maximum Gasteiger partial charge on any atom is 0.272 e. The largest absolute Gasteiger partial charge is 0.364 e. The lowest BCUT2D eigenvalue weighted by Gasteiger charge is -2.07. The predicted octanol–water partition coefficient (Wildman–Crippen LogP) is 2.12. The van der Waals surface area contributed by atoms with E-state index in [-0.39, 0.29) is 17.8 Å². The third-order valence-corrected chi connectivity index (χ3v) is 3.23. The minimum atomic E-state index is -0.265. The molecule has 0 saturated heterocycles. The number of carbonyl (C=O) groups excluding carboxylic acids is 1. The zero-order chi connectivity index (χ0) is 14.7. The highest BCUT2D eigenvalue weighted by Crippen LogP contribution is 2.19. The van der Waals surface area contributed by atoms with Crippen molar-refractivity contribution in [3.8, 4) is 0 Å². The van der Waals surface area contributed by atoms with Gasteiger partial charge in [0.25, 0.3) is 5.91 Å². The molecule has 0 unspecified atom stereocenters. The molecule has 3 rings (SSSR count). The minimum Gasteiger partial charge on any atom is -0.364 e. The Labute approximate surface area is 121 Å². The van der Waals surface area contributed by atoms with Gasteiger partial charge in [-0.25, -0.2) is 4.39 Å². The number of nitrogens with one attached hydrogen (secondary N) is 2. The Morgan fingerprint density at radius 3 is 2.67 bits per heavy atom. The number of benzene rings is 1. The lowest BCUT2D eigenvalue weighted by molar-refractivity contribution is 0.0945. The molecule has 2 N–H and O–H groups in total. The van der Waals surface area contributed by atoms with E-state index in [4.69, 9.17) is 0 Å². The Bertz CT molecular complexity index is 640. The third kappa shape index (κ3) is 3.53. The molecule has 1 aliphatic rings. The van der Waals surface area contributed by atoms with Gasteiger partial charge in [-0.2, -0.15) is 0 Å². The van der Waals surface area contributed by atoms with Gasteiger partial charge in [-0.15, -0.1) is 10.2 Å². The minimum absolute atomic E-state index is 0.203. The van der Waals surface area contributed by atoms with Crippen LogP contribution >= 0.6 is 0 Å². The van der Waals surface area contributed by atoms with Crippen molar-refractivity contribution in [2.45, 2.75) is 25.4 Å². The summed E-state index contributed by atoms with van der Waals surface area (Å²) in [6.45, 7) is 0.314. The monoisotopic (exact) mass is 286 g/mol. The molecular formula is C15H15FN4O. The topological polar surface area (TPSA) is 66.9 Å². The average molecular weight is 286 g/mol. The van der Waals surface area contributed by atoms with Gasteiger partial charge in [-0.05, 0) is 31.0 Å². The standard InChI is InChI=1S/C15H15FN4O/c16-12-4-2-1-3-10(12)9-17-14-8-7-13(19-20-14)15(21)18-11-5-6-11/h1-4,7-8,11H,5-6,9H2,(H,17,20)(H,18,21). The van der Waals surface area contributed by atoms with E-state index in [1.807, 2.05) is 0 Å². The molecule has 21 heavy (non-hydrogen) atoms. The number of rotatable bonds is 5. The van der Waals surface area contributed by atoms with E-state index in [0.717, 1.165) is 12.8 Å². The van der Waals surface area contributed by atoms with E-state index < -0.39 is 0 Å². The number of halogens is 1. The summed E-state index contributed by atoms with van der Waals surface area (Å²) in [5, 5.41) is 13.6. The Morgan fingerprint density at radius 2 is 2.00 bits per heavy atom. The second-order valence-corrected chi connectivity index (χ2v) is 5.00. The Hall–Kier alpha value is -2.50. The number of hydrogen-bond donors (Lipinski definition) is 2. The highest BCUT2D eigenvalue weighted by molar-refractivity contribution is 5.92. The summed E-state index contributed by atoms with van der Waals surface area (Å²) in [5.41, 5.74) is 0.841. The summed E-state index contributed by atoms with van der Waals surface area (Å²) in [4.78, 5) is 11.7. The van der Waals surface area contributed by atoms with Gasteiger partial charge in [0.1, 0.15) is 11.6 Å². The quantitative estimate of drug-likeness (QED) is 0.883. The molecule has 1 saturated carbocycles. The van der Waals surface area contributed by atoms with Crippen molar-refractivity contribution in [3.05, 3.63) is 53.5 Å². The van der Waals surface area contributed by atoms with Crippen molar-refractivity contribution >= 4 is 11.7 Å². The SMILES string of the molecule is O=C(NC1CC1)c1ccc(NCc2ccccc2F)nn1. The predicted molar refractivity (Wildman–Crippen MR) is 76.2 cm³/mol. The average Bonchev–Trinajstić information content (AvgIpc) is 3.31. The summed E-state index contributed by atoms with van der Waals surface area (Å²) in [5.74, 6) is 0.0327. The second-order valence-electron chi connectivity index (χ2n) is 5.00. The molecule has 5 nitrogen and oxygen atoms in total. The molecule has 1 heterocycles. The first kappa shape index (κ1) is 13.5. The molecule has 0 radical (unpaired) electrons. The van der Waals surface area contributed by atoms with E-state index in [1.165, 1.54) is 6.07 Å². The fourth-order valence-corrected chi connectivity index (χ4v) is 1.86. The third-order valence-electron chi connectivity index (χ3n) is 3.23. The van der Waals surface area contributed by atoms with Crippen molar-refractivity contribution in [1.82, 2.24) is 15.5 Å². The summed E-state index contributed by atoms with van der Waals surface area (Å²) in [7, 11) is 0. The van der Waals surface area contributed by atoms with Gasteiger partial charge in [0.15, 0.2) is 5.69 Å². The van der Waals surface area contributed by atoms with E-state index in [9.17, 15) is 9.18 Å². The molecule has 0 aliphatic heterocycles. The normalized spacial score (nSPS) is 13.8. The molecule has 2 aromatic rings. The first-order valence-electron chi connectivity index (χ1n) is 6.84. The molecule has 1 aliphatic carbocycles. The van der Waals surface area contributed by atoms with Crippen LogP contribution in [0.3, 0.4) is 0 Å². The summed E-state index contributed by atoms with van der Waals surface area (Å²) in [6, 6.07) is 10.1. The van der Waals surface area contributed by atoms with Crippen LogP contribution in [0.4, 0.5) is 10.2 Å². The Balaban J connectivity index is 1.59. The number of amides is 1. The zero-order valence-electron chi connectivity index (χ0n) is 11.3. The molecule has 1 amide bonds.